The van der Waals surface area contributed by atoms with E-state index in [9.17, 15) is 0 Å². The van der Waals surface area contributed by atoms with Crippen molar-refractivity contribution in [2.45, 2.75) is 10.8 Å². The van der Waals surface area contributed by atoms with E-state index in [1.807, 2.05) is 30.3 Å². The summed E-state index contributed by atoms with van der Waals surface area (Å²) >= 11 is 7.60. The first-order valence-corrected chi connectivity index (χ1v) is 6.87. The van der Waals surface area contributed by atoms with Crippen LogP contribution in [0.1, 0.15) is 11.1 Å². The highest BCUT2D eigenvalue weighted by Gasteiger charge is 2.03. The normalized spacial score (nSPS) is 11.5. The molecule has 0 radical (unpaired) electrons. The van der Waals surface area contributed by atoms with Crippen LogP contribution < -0.4 is 5.73 Å². The number of benzene rings is 1. The molecule has 4 nitrogen and oxygen atoms in total. The minimum absolute atomic E-state index is 0.104. The van der Waals surface area contributed by atoms with Gasteiger partial charge in [0.15, 0.2) is 5.84 Å². The van der Waals surface area contributed by atoms with Crippen molar-refractivity contribution in [2.24, 2.45) is 10.9 Å². The second-order valence-electron chi connectivity index (χ2n) is 3.76. The number of aromatic nitrogens is 1. The molecule has 0 aliphatic rings. The smallest absolute Gasteiger partial charge is 0.170 e. The third kappa shape index (κ3) is 3.62. The molecule has 1 aromatic carbocycles. The SMILES string of the molecule is NC(=NO)c1ccc(CSc2ncccc2Cl)cc1. The van der Waals surface area contributed by atoms with Gasteiger partial charge in [0.2, 0.25) is 0 Å². The zero-order chi connectivity index (χ0) is 13.7. The number of nitrogens with two attached hydrogens (primary N) is 1. The number of rotatable bonds is 4. The molecule has 0 aliphatic carbocycles. The van der Waals surface area contributed by atoms with E-state index < -0.39 is 0 Å². The average Bonchev–Trinajstić information content (AvgIpc) is 2.46. The van der Waals surface area contributed by atoms with E-state index in [4.69, 9.17) is 22.5 Å². The Morgan fingerprint density at radius 2 is 2.05 bits per heavy atom. The lowest BCUT2D eigenvalue weighted by atomic mass is 10.1. The van der Waals surface area contributed by atoms with Crippen molar-refractivity contribution in [1.29, 1.82) is 0 Å². The molecular weight excluding hydrogens is 282 g/mol. The number of nitrogens with zero attached hydrogens (tertiary/aromatic N) is 2. The van der Waals surface area contributed by atoms with Gasteiger partial charge in [-0.3, -0.25) is 0 Å². The standard InChI is InChI=1S/C13H12ClN3OS/c14-11-2-1-7-16-13(11)19-8-9-3-5-10(6-4-9)12(15)17-18/h1-7,18H,8H2,(H2,15,17). The quantitative estimate of drug-likeness (QED) is 0.299. The molecule has 0 amide bonds. The predicted octanol–water partition coefficient (Wildman–Crippen LogP) is 3.12. The summed E-state index contributed by atoms with van der Waals surface area (Å²) in [4.78, 5) is 4.21. The van der Waals surface area contributed by atoms with E-state index in [0.717, 1.165) is 16.3 Å². The van der Waals surface area contributed by atoms with Gasteiger partial charge in [-0.25, -0.2) is 4.98 Å². The van der Waals surface area contributed by atoms with E-state index in [-0.39, 0.29) is 5.84 Å². The summed E-state index contributed by atoms with van der Waals surface area (Å²) in [6.45, 7) is 0. The molecule has 0 atom stereocenters. The molecule has 6 heteroatoms. The Labute approximate surface area is 120 Å². The minimum Gasteiger partial charge on any atom is -0.409 e. The van der Waals surface area contributed by atoms with Gasteiger partial charge in [-0.05, 0) is 17.7 Å². The van der Waals surface area contributed by atoms with Crippen molar-refractivity contribution in [3.8, 4) is 0 Å². The Kier molecular flexibility index (Phi) is 4.65. The maximum absolute atomic E-state index is 8.58. The van der Waals surface area contributed by atoms with Gasteiger partial charge < -0.3 is 10.9 Å². The van der Waals surface area contributed by atoms with Crippen LogP contribution in [0.5, 0.6) is 0 Å². The molecule has 3 N–H and O–H groups in total. The van der Waals surface area contributed by atoms with E-state index in [1.54, 1.807) is 24.0 Å². The highest BCUT2D eigenvalue weighted by atomic mass is 35.5. The summed E-state index contributed by atoms with van der Waals surface area (Å²) in [5.41, 5.74) is 7.30. The Hall–Kier alpha value is -1.72. The number of thioether (sulfide) groups is 1. The van der Waals surface area contributed by atoms with Crippen molar-refractivity contribution in [3.63, 3.8) is 0 Å². The van der Waals surface area contributed by atoms with Crippen LogP contribution >= 0.6 is 23.4 Å². The van der Waals surface area contributed by atoms with Crippen molar-refractivity contribution in [1.82, 2.24) is 4.98 Å². The number of halogens is 1. The molecule has 2 rings (SSSR count). The highest BCUT2D eigenvalue weighted by Crippen LogP contribution is 2.27. The minimum atomic E-state index is 0.104. The molecule has 0 saturated carbocycles. The lowest BCUT2D eigenvalue weighted by Gasteiger charge is -2.04. The molecule has 19 heavy (non-hydrogen) atoms. The molecule has 1 heterocycles. The third-order valence-corrected chi connectivity index (χ3v) is 3.95. The Morgan fingerprint density at radius 3 is 2.68 bits per heavy atom. The Bertz CT molecular complexity index is 587. The Morgan fingerprint density at radius 1 is 1.32 bits per heavy atom. The van der Waals surface area contributed by atoms with E-state index in [0.29, 0.717) is 10.6 Å². The van der Waals surface area contributed by atoms with Gasteiger partial charge in [0, 0.05) is 17.5 Å². The molecule has 98 valence electrons. The van der Waals surface area contributed by atoms with E-state index in [2.05, 4.69) is 10.1 Å². The fourth-order valence-electron chi connectivity index (χ4n) is 1.46. The molecule has 0 spiro atoms. The van der Waals surface area contributed by atoms with Gasteiger partial charge >= 0.3 is 0 Å². The van der Waals surface area contributed by atoms with E-state index in [1.165, 1.54) is 0 Å². The van der Waals surface area contributed by atoms with Crippen molar-refractivity contribution < 1.29 is 5.21 Å². The lowest BCUT2D eigenvalue weighted by molar-refractivity contribution is 0.318. The first kappa shape index (κ1) is 13.7. The van der Waals surface area contributed by atoms with Gasteiger partial charge in [-0.15, -0.1) is 11.8 Å². The lowest BCUT2D eigenvalue weighted by Crippen LogP contribution is -2.12. The average molecular weight is 294 g/mol. The molecular formula is C13H12ClN3OS. The first-order valence-electron chi connectivity index (χ1n) is 5.51. The molecule has 0 fully saturated rings. The highest BCUT2D eigenvalue weighted by molar-refractivity contribution is 7.98. The van der Waals surface area contributed by atoms with Crippen LogP contribution in [0.3, 0.4) is 0 Å². The van der Waals surface area contributed by atoms with Crippen LogP contribution in [0.2, 0.25) is 5.02 Å². The van der Waals surface area contributed by atoms with Gasteiger partial charge in [0.25, 0.3) is 0 Å². The van der Waals surface area contributed by atoms with Gasteiger partial charge in [-0.2, -0.15) is 0 Å². The van der Waals surface area contributed by atoms with E-state index >= 15 is 0 Å². The van der Waals surface area contributed by atoms with Crippen molar-refractivity contribution >= 4 is 29.2 Å². The van der Waals surface area contributed by atoms with Crippen LogP contribution in [-0.2, 0) is 5.75 Å². The summed E-state index contributed by atoms with van der Waals surface area (Å²) in [6, 6.07) is 11.1. The third-order valence-electron chi connectivity index (χ3n) is 2.46. The maximum Gasteiger partial charge on any atom is 0.170 e. The summed E-state index contributed by atoms with van der Waals surface area (Å²) < 4.78 is 0. The topological polar surface area (TPSA) is 71.5 Å². The Balaban J connectivity index is 2.03. The number of hydrogen-bond acceptors (Lipinski definition) is 4. The summed E-state index contributed by atoms with van der Waals surface area (Å²) in [5.74, 6) is 0.861. The summed E-state index contributed by atoms with van der Waals surface area (Å²) in [6.07, 6.45) is 1.72. The molecule has 1 aromatic heterocycles. The fourth-order valence-corrected chi connectivity index (χ4v) is 2.58. The van der Waals surface area contributed by atoms with Gasteiger partial charge in [0.05, 0.1) is 5.02 Å². The van der Waals surface area contributed by atoms with Crippen LogP contribution in [-0.4, -0.2) is 16.0 Å². The molecule has 0 aliphatic heterocycles. The second kappa shape index (κ2) is 6.45. The zero-order valence-corrected chi connectivity index (χ0v) is 11.5. The van der Waals surface area contributed by atoms with Crippen LogP contribution in [0.15, 0.2) is 52.8 Å². The number of hydrogen-bond donors (Lipinski definition) is 2. The van der Waals surface area contributed by atoms with Crippen LogP contribution in [0.25, 0.3) is 0 Å². The number of amidine groups is 1. The monoisotopic (exact) mass is 293 g/mol. The predicted molar refractivity (Wildman–Crippen MR) is 77.8 cm³/mol. The fraction of sp³-hybridized carbons (Fsp3) is 0.0769. The number of oxime groups is 1. The van der Waals surface area contributed by atoms with Gasteiger partial charge in [0.1, 0.15) is 5.03 Å². The molecule has 2 aromatic rings. The summed E-state index contributed by atoms with van der Waals surface area (Å²) in [7, 11) is 0. The molecule has 0 unspecified atom stereocenters. The number of pyridine rings is 1. The first-order chi connectivity index (χ1) is 9.20. The van der Waals surface area contributed by atoms with Crippen molar-refractivity contribution in [3.05, 3.63) is 58.7 Å². The molecule has 0 bridgehead atoms. The second-order valence-corrected chi connectivity index (χ2v) is 5.13. The van der Waals surface area contributed by atoms with Crippen LogP contribution in [0, 0.1) is 0 Å². The molecule has 0 saturated heterocycles. The largest absolute Gasteiger partial charge is 0.409 e. The van der Waals surface area contributed by atoms with Crippen LogP contribution in [0.4, 0.5) is 0 Å². The van der Waals surface area contributed by atoms with Gasteiger partial charge in [-0.1, -0.05) is 41.0 Å². The summed E-state index contributed by atoms with van der Waals surface area (Å²) in [5, 5.41) is 13.0. The zero-order valence-electron chi connectivity index (χ0n) is 9.95. The van der Waals surface area contributed by atoms with Crippen molar-refractivity contribution in [2.75, 3.05) is 0 Å². The maximum atomic E-state index is 8.58.